The standard InChI is InChI=1S/C19H22F2N4O3.C18H20FN3O4/c1-8-5-24(6-9(2)23-8)17-13(20)15(22)12-16(14(17)21)25(10-3-4-10)7-11(18(12)26)19(27)28;1-10-9-26-17-14-11(16(23)12(18(24)25)8-22(10)14)7-13(19)15(17)21-5-3-20(2)4-6-21/h7-10,23H,3-6,22H2,1-2H3,(H,27,28);7-8,10H,3-6,9H2,1-2H3,(H,24,25)/t8-,9+;10-/m.0/s1. The molecular formula is C37H42F3N7O7. The molecule has 3 aliphatic heterocycles. The number of likely N-dealkylation sites (N-methyl/N-ethyl adjacent to an activating group) is 1. The van der Waals surface area contributed by atoms with E-state index in [0.717, 1.165) is 38.2 Å². The fraction of sp³-hybridized carbons (Fsp3) is 0.459. The van der Waals surface area contributed by atoms with Crippen molar-refractivity contribution in [2.45, 2.75) is 57.8 Å². The van der Waals surface area contributed by atoms with Crippen molar-refractivity contribution in [2.75, 3.05) is 68.5 Å². The second-order valence-electron chi connectivity index (χ2n) is 14.8. The molecule has 5 heterocycles. The Balaban J connectivity index is 0.000000167. The number of benzene rings is 2. The first-order valence-corrected chi connectivity index (χ1v) is 17.9. The molecule has 1 aliphatic carbocycles. The van der Waals surface area contributed by atoms with Crippen LogP contribution < -0.4 is 36.4 Å². The number of ether oxygens (including phenoxy) is 1. The highest BCUT2D eigenvalue weighted by molar-refractivity contribution is 6.00. The quantitative estimate of drug-likeness (QED) is 0.218. The molecule has 8 rings (SSSR count). The number of fused-ring (bicyclic) bond motifs is 1. The van der Waals surface area contributed by atoms with Gasteiger partial charge in [0.25, 0.3) is 0 Å². The zero-order valence-electron chi connectivity index (χ0n) is 30.3. The first kappa shape index (κ1) is 37.0. The van der Waals surface area contributed by atoms with Crippen LogP contribution in [0, 0.1) is 17.5 Å². The molecule has 4 aromatic rings. The van der Waals surface area contributed by atoms with Gasteiger partial charge < -0.3 is 49.8 Å². The maximum Gasteiger partial charge on any atom is 0.341 e. The number of nitrogens with two attached hydrogens (primary N) is 1. The summed E-state index contributed by atoms with van der Waals surface area (Å²) in [6.45, 7) is 9.67. The summed E-state index contributed by atoms with van der Waals surface area (Å²) in [4.78, 5) is 53.8. The molecule has 2 saturated heterocycles. The van der Waals surface area contributed by atoms with Crippen LogP contribution in [0.1, 0.15) is 66.4 Å². The third-order valence-corrected chi connectivity index (χ3v) is 10.6. The maximum absolute atomic E-state index is 15.6. The van der Waals surface area contributed by atoms with Crippen molar-refractivity contribution in [3.63, 3.8) is 0 Å². The van der Waals surface area contributed by atoms with Crippen molar-refractivity contribution in [3.05, 3.63) is 67.5 Å². The van der Waals surface area contributed by atoms with E-state index in [0.29, 0.717) is 43.1 Å². The highest BCUT2D eigenvalue weighted by Crippen LogP contribution is 2.43. The fourth-order valence-corrected chi connectivity index (χ4v) is 7.82. The number of aromatic nitrogens is 2. The molecule has 288 valence electrons. The zero-order chi connectivity index (χ0) is 38.9. The number of nitrogens with zero attached hydrogens (tertiary/aromatic N) is 5. The number of piperazine rings is 2. The summed E-state index contributed by atoms with van der Waals surface area (Å²) in [6.07, 6.45) is 3.95. The normalized spacial score (nSPS) is 21.5. The summed E-state index contributed by atoms with van der Waals surface area (Å²) in [5, 5.41) is 21.6. The minimum Gasteiger partial charge on any atom is -0.487 e. The summed E-state index contributed by atoms with van der Waals surface area (Å²) in [7, 11) is 2.02. The van der Waals surface area contributed by atoms with Crippen LogP contribution in [0.2, 0.25) is 0 Å². The molecule has 5 N–H and O–H groups in total. The lowest BCUT2D eigenvalue weighted by Gasteiger charge is -2.38. The van der Waals surface area contributed by atoms with Crippen molar-refractivity contribution in [1.29, 1.82) is 0 Å². The van der Waals surface area contributed by atoms with Gasteiger partial charge >= 0.3 is 11.9 Å². The van der Waals surface area contributed by atoms with E-state index < -0.39 is 56.9 Å². The number of carboxylic acids is 2. The number of halogens is 3. The van der Waals surface area contributed by atoms with Crippen molar-refractivity contribution in [3.8, 4) is 5.75 Å². The van der Waals surface area contributed by atoms with Gasteiger partial charge in [0.1, 0.15) is 29.1 Å². The van der Waals surface area contributed by atoms with Gasteiger partial charge in [-0.25, -0.2) is 22.8 Å². The summed E-state index contributed by atoms with van der Waals surface area (Å²) in [5.74, 6) is -4.88. The van der Waals surface area contributed by atoms with Gasteiger partial charge in [-0.15, -0.1) is 0 Å². The molecule has 14 nitrogen and oxygen atoms in total. The van der Waals surface area contributed by atoms with Gasteiger partial charge in [-0.1, -0.05) is 0 Å². The molecule has 54 heavy (non-hydrogen) atoms. The van der Waals surface area contributed by atoms with E-state index in [1.54, 1.807) is 9.47 Å². The van der Waals surface area contributed by atoms with Gasteiger partial charge in [-0.05, 0) is 46.7 Å². The molecule has 2 aromatic carbocycles. The summed E-state index contributed by atoms with van der Waals surface area (Å²) in [6, 6.07) is 0.891. The number of hydrogen-bond acceptors (Lipinski definition) is 10. The van der Waals surface area contributed by atoms with E-state index in [1.165, 1.54) is 10.8 Å². The molecule has 0 unspecified atom stereocenters. The Morgan fingerprint density at radius 2 is 1.43 bits per heavy atom. The van der Waals surface area contributed by atoms with Crippen LogP contribution in [0.15, 0.2) is 28.0 Å². The predicted molar refractivity (Wildman–Crippen MR) is 197 cm³/mol. The van der Waals surface area contributed by atoms with Crippen molar-refractivity contribution in [2.24, 2.45) is 0 Å². The molecule has 0 amide bonds. The molecule has 0 bridgehead atoms. The van der Waals surface area contributed by atoms with Crippen molar-refractivity contribution >= 4 is 50.8 Å². The number of rotatable bonds is 5. The Morgan fingerprint density at radius 3 is 2.02 bits per heavy atom. The number of carboxylic acid groups (broad SMARTS) is 2. The largest absolute Gasteiger partial charge is 0.487 e. The van der Waals surface area contributed by atoms with Gasteiger partial charge in [-0.2, -0.15) is 0 Å². The summed E-state index contributed by atoms with van der Waals surface area (Å²) >= 11 is 0. The van der Waals surface area contributed by atoms with Crippen LogP contribution >= 0.6 is 0 Å². The van der Waals surface area contributed by atoms with Crippen LogP contribution in [0.4, 0.5) is 30.2 Å². The van der Waals surface area contributed by atoms with Gasteiger partial charge in [0, 0.05) is 69.8 Å². The molecule has 1 saturated carbocycles. The van der Waals surface area contributed by atoms with E-state index in [9.17, 15) is 33.8 Å². The van der Waals surface area contributed by atoms with Gasteiger partial charge in [0.05, 0.1) is 33.5 Å². The number of pyridine rings is 2. The third kappa shape index (κ3) is 6.28. The monoisotopic (exact) mass is 753 g/mol. The first-order chi connectivity index (χ1) is 25.6. The first-order valence-electron chi connectivity index (χ1n) is 17.9. The number of hydrogen-bond donors (Lipinski definition) is 4. The Morgan fingerprint density at radius 1 is 0.833 bits per heavy atom. The lowest BCUT2D eigenvalue weighted by atomic mass is 10.0. The number of carbonyl (C=O) groups is 2. The van der Waals surface area contributed by atoms with E-state index in [4.69, 9.17) is 10.5 Å². The summed E-state index contributed by atoms with van der Waals surface area (Å²) in [5.41, 5.74) is 3.31. The molecule has 3 fully saturated rings. The lowest BCUT2D eigenvalue weighted by molar-refractivity contribution is 0.0683. The second-order valence-corrected chi connectivity index (χ2v) is 14.8. The minimum absolute atomic E-state index is 0.0134. The van der Waals surface area contributed by atoms with Crippen molar-refractivity contribution in [1.82, 2.24) is 19.4 Å². The van der Waals surface area contributed by atoms with E-state index in [1.807, 2.05) is 32.7 Å². The number of anilines is 3. The van der Waals surface area contributed by atoms with E-state index in [-0.39, 0.29) is 52.9 Å². The smallest absolute Gasteiger partial charge is 0.341 e. The van der Waals surface area contributed by atoms with Gasteiger partial charge in [-0.3, -0.25) is 9.59 Å². The number of nitrogens with one attached hydrogen (secondary N) is 1. The average Bonchev–Trinajstić information content (AvgIpc) is 3.95. The zero-order valence-corrected chi connectivity index (χ0v) is 30.3. The highest BCUT2D eigenvalue weighted by atomic mass is 19.1. The van der Waals surface area contributed by atoms with E-state index in [2.05, 4.69) is 10.2 Å². The molecule has 2 aromatic heterocycles. The van der Waals surface area contributed by atoms with Crippen molar-refractivity contribution < 1.29 is 37.7 Å². The molecule has 3 atom stereocenters. The van der Waals surface area contributed by atoms with Crippen LogP contribution in [0.3, 0.4) is 0 Å². The molecular weight excluding hydrogens is 711 g/mol. The Labute approximate surface area is 307 Å². The SMILES string of the molecule is C[C@@H]1CN(c2c(F)c(N)c3c(=O)c(C(=O)O)cn(C4CC4)c3c2F)C[C@H](C)N1.C[C@H]1COc2c(N3CCN(C)CC3)c(F)cc3c(=O)c(C(=O)O)cn1c23. The lowest BCUT2D eigenvalue weighted by Crippen LogP contribution is -2.54. The second kappa shape index (κ2) is 13.8. The number of nitrogen functional groups attached to an aromatic ring is 1. The minimum atomic E-state index is -1.45. The summed E-state index contributed by atoms with van der Waals surface area (Å²) < 4.78 is 54.8. The van der Waals surface area contributed by atoms with Crippen LogP contribution in [-0.2, 0) is 0 Å². The van der Waals surface area contributed by atoms with E-state index >= 15 is 8.78 Å². The van der Waals surface area contributed by atoms with Crippen LogP contribution in [0.25, 0.3) is 21.8 Å². The van der Waals surface area contributed by atoms with Gasteiger partial charge in [0.15, 0.2) is 23.2 Å². The highest BCUT2D eigenvalue weighted by Gasteiger charge is 2.35. The van der Waals surface area contributed by atoms with Crippen LogP contribution in [-0.4, -0.2) is 101 Å². The van der Waals surface area contributed by atoms with Gasteiger partial charge in [0.2, 0.25) is 10.9 Å². The molecule has 0 radical (unpaired) electrons. The number of aromatic carboxylic acids is 2. The Hall–Kier alpha value is -5.29. The molecule has 0 spiro atoms. The Kier molecular flexibility index (Phi) is 9.50. The fourth-order valence-electron chi connectivity index (χ4n) is 7.82. The topological polar surface area (TPSA) is 176 Å². The molecule has 17 heteroatoms. The predicted octanol–water partition coefficient (Wildman–Crippen LogP) is 3.63. The maximum atomic E-state index is 15.6. The molecule has 4 aliphatic rings. The van der Waals surface area contributed by atoms with Crippen LogP contribution in [0.5, 0.6) is 5.75 Å². The average molecular weight is 754 g/mol. The Bertz CT molecular complexity index is 2330. The third-order valence-electron chi connectivity index (χ3n) is 10.6.